The fourth-order valence-electron chi connectivity index (χ4n) is 4.37. The van der Waals surface area contributed by atoms with Crippen molar-refractivity contribution in [1.82, 2.24) is 24.5 Å². The van der Waals surface area contributed by atoms with E-state index in [4.69, 9.17) is 16.6 Å². The number of thiophene rings is 1. The molecular formula is C24H20ClFN6S. The number of rotatable bonds is 4. The zero-order chi connectivity index (χ0) is 22.4. The molecule has 3 aromatic heterocycles. The fourth-order valence-corrected chi connectivity index (χ4v) is 5.23. The number of benzene rings is 2. The van der Waals surface area contributed by atoms with Crippen LogP contribution in [0.25, 0.3) is 27.3 Å². The molecule has 0 atom stereocenters. The molecule has 0 bridgehead atoms. The predicted octanol–water partition coefficient (Wildman–Crippen LogP) is 5.12. The van der Waals surface area contributed by atoms with Gasteiger partial charge in [-0.2, -0.15) is 0 Å². The molecule has 166 valence electrons. The lowest BCUT2D eigenvalue weighted by Crippen LogP contribution is -2.46. The number of piperazine rings is 1. The van der Waals surface area contributed by atoms with Gasteiger partial charge in [0.2, 0.25) is 5.95 Å². The first-order chi connectivity index (χ1) is 16.2. The Bertz CT molecular complexity index is 1440. The van der Waals surface area contributed by atoms with Gasteiger partial charge in [0.05, 0.1) is 10.4 Å². The first kappa shape index (κ1) is 20.5. The van der Waals surface area contributed by atoms with Crippen molar-refractivity contribution in [2.75, 3.05) is 31.1 Å². The Morgan fingerprint density at radius 2 is 1.85 bits per heavy atom. The molecular weight excluding hydrogens is 459 g/mol. The van der Waals surface area contributed by atoms with Gasteiger partial charge in [0.15, 0.2) is 11.5 Å². The van der Waals surface area contributed by atoms with Gasteiger partial charge in [-0.25, -0.2) is 13.8 Å². The molecule has 0 radical (unpaired) electrons. The van der Waals surface area contributed by atoms with E-state index in [1.807, 2.05) is 41.8 Å². The summed E-state index contributed by atoms with van der Waals surface area (Å²) >= 11 is 7.91. The quantitative estimate of drug-likeness (QED) is 0.359. The van der Waals surface area contributed by atoms with Crippen LogP contribution in [-0.4, -0.2) is 50.7 Å². The van der Waals surface area contributed by atoms with Gasteiger partial charge in [0.25, 0.3) is 0 Å². The van der Waals surface area contributed by atoms with Crippen LogP contribution in [0, 0.1) is 5.82 Å². The van der Waals surface area contributed by atoms with E-state index in [-0.39, 0.29) is 5.82 Å². The average molecular weight is 479 g/mol. The molecule has 6 nitrogen and oxygen atoms in total. The first-order valence-electron chi connectivity index (χ1n) is 10.8. The van der Waals surface area contributed by atoms with Crippen molar-refractivity contribution >= 4 is 45.4 Å². The van der Waals surface area contributed by atoms with Crippen molar-refractivity contribution in [1.29, 1.82) is 0 Å². The third kappa shape index (κ3) is 3.84. The van der Waals surface area contributed by atoms with Crippen LogP contribution in [0.1, 0.15) is 5.56 Å². The summed E-state index contributed by atoms with van der Waals surface area (Å²) in [6, 6.07) is 16.6. The van der Waals surface area contributed by atoms with Crippen LogP contribution >= 0.6 is 22.9 Å². The highest BCUT2D eigenvalue weighted by Gasteiger charge is 2.24. The highest BCUT2D eigenvalue weighted by Crippen LogP contribution is 2.31. The number of hydrogen-bond donors (Lipinski definition) is 0. The second-order valence-electron chi connectivity index (χ2n) is 8.13. The Morgan fingerprint density at radius 1 is 0.970 bits per heavy atom. The Balaban J connectivity index is 1.37. The zero-order valence-corrected chi connectivity index (χ0v) is 19.2. The molecule has 1 aliphatic heterocycles. The number of nitrogens with zero attached hydrogens (tertiary/aromatic N) is 6. The molecule has 0 N–H and O–H groups in total. The molecule has 0 unspecified atom stereocenters. The number of fused-ring (bicyclic) bond motifs is 3. The molecule has 2 aromatic carbocycles. The summed E-state index contributed by atoms with van der Waals surface area (Å²) in [4.78, 5) is 10.7. The van der Waals surface area contributed by atoms with Crippen LogP contribution in [0.4, 0.5) is 10.3 Å². The second kappa shape index (κ2) is 8.37. The minimum Gasteiger partial charge on any atom is -0.339 e. The molecule has 1 fully saturated rings. The van der Waals surface area contributed by atoms with Gasteiger partial charge in [0, 0.05) is 43.1 Å². The Morgan fingerprint density at radius 3 is 2.64 bits per heavy atom. The lowest BCUT2D eigenvalue weighted by molar-refractivity contribution is 0.248. The number of aromatic nitrogens is 4. The Hall–Kier alpha value is -3.07. The van der Waals surface area contributed by atoms with E-state index in [0.717, 1.165) is 71.5 Å². The molecule has 1 saturated heterocycles. The van der Waals surface area contributed by atoms with Crippen molar-refractivity contribution in [2.45, 2.75) is 6.54 Å². The summed E-state index contributed by atoms with van der Waals surface area (Å²) in [5.41, 5.74) is 2.57. The predicted molar refractivity (Wildman–Crippen MR) is 131 cm³/mol. The van der Waals surface area contributed by atoms with Crippen molar-refractivity contribution in [3.8, 4) is 10.7 Å². The summed E-state index contributed by atoms with van der Waals surface area (Å²) in [5.74, 6) is 1.42. The summed E-state index contributed by atoms with van der Waals surface area (Å²) in [6.45, 7) is 4.03. The second-order valence-corrected chi connectivity index (χ2v) is 9.51. The zero-order valence-electron chi connectivity index (χ0n) is 17.7. The average Bonchev–Trinajstić information content (AvgIpc) is 3.49. The minimum absolute atomic E-state index is 0.193. The largest absolute Gasteiger partial charge is 0.339 e. The standard InChI is InChI=1S/C24H20ClFN6S/c25-17-6-7-19-20(14-17)27-24(32-22(19)28-29-23(32)21-5-2-12-33-21)31-10-8-30(9-11-31)15-16-3-1-4-18(26)13-16/h1-7,12-14H,8-11,15H2. The number of halogens is 2. The van der Waals surface area contributed by atoms with E-state index in [1.54, 1.807) is 23.5 Å². The molecule has 5 aromatic rings. The monoisotopic (exact) mass is 478 g/mol. The Labute approximate surface area is 198 Å². The highest BCUT2D eigenvalue weighted by atomic mass is 35.5. The third-order valence-corrected chi connectivity index (χ3v) is 7.08. The lowest BCUT2D eigenvalue weighted by Gasteiger charge is -2.35. The molecule has 0 amide bonds. The van der Waals surface area contributed by atoms with Crippen molar-refractivity contribution < 1.29 is 4.39 Å². The third-order valence-electron chi connectivity index (χ3n) is 5.98. The van der Waals surface area contributed by atoms with Gasteiger partial charge in [0.1, 0.15) is 5.82 Å². The molecule has 1 aliphatic rings. The summed E-state index contributed by atoms with van der Waals surface area (Å²) in [7, 11) is 0. The molecule has 0 saturated carbocycles. The molecule has 4 heterocycles. The van der Waals surface area contributed by atoms with Crippen molar-refractivity contribution in [3.05, 3.63) is 76.4 Å². The van der Waals surface area contributed by atoms with Crippen LogP contribution in [0.2, 0.25) is 5.02 Å². The molecule has 9 heteroatoms. The minimum atomic E-state index is -0.193. The summed E-state index contributed by atoms with van der Waals surface area (Å²) in [5, 5.41) is 12.7. The van der Waals surface area contributed by atoms with Gasteiger partial charge in [-0.3, -0.25) is 4.90 Å². The molecule has 33 heavy (non-hydrogen) atoms. The molecule has 0 spiro atoms. The normalized spacial score (nSPS) is 15.0. The maximum absolute atomic E-state index is 13.6. The topological polar surface area (TPSA) is 49.6 Å². The highest BCUT2D eigenvalue weighted by molar-refractivity contribution is 7.13. The van der Waals surface area contributed by atoms with Crippen LogP contribution in [0.3, 0.4) is 0 Å². The van der Waals surface area contributed by atoms with Crippen LogP contribution in [0.15, 0.2) is 60.0 Å². The van der Waals surface area contributed by atoms with Crippen molar-refractivity contribution in [3.63, 3.8) is 0 Å². The van der Waals surface area contributed by atoms with E-state index in [9.17, 15) is 4.39 Å². The van der Waals surface area contributed by atoms with Gasteiger partial charge in [-0.15, -0.1) is 21.5 Å². The van der Waals surface area contributed by atoms with Gasteiger partial charge < -0.3 is 4.90 Å². The molecule has 0 aliphatic carbocycles. The smallest absolute Gasteiger partial charge is 0.213 e. The number of hydrogen-bond acceptors (Lipinski definition) is 6. The van der Waals surface area contributed by atoms with E-state index in [0.29, 0.717) is 5.02 Å². The fraction of sp³-hybridized carbons (Fsp3) is 0.208. The maximum atomic E-state index is 13.6. The van der Waals surface area contributed by atoms with E-state index >= 15 is 0 Å². The van der Waals surface area contributed by atoms with Crippen LogP contribution < -0.4 is 4.90 Å². The number of anilines is 1. The van der Waals surface area contributed by atoms with Gasteiger partial charge in [-0.05, 0) is 47.3 Å². The van der Waals surface area contributed by atoms with Gasteiger partial charge in [-0.1, -0.05) is 29.8 Å². The van der Waals surface area contributed by atoms with Crippen molar-refractivity contribution in [2.24, 2.45) is 0 Å². The SMILES string of the molecule is Fc1cccc(CN2CCN(c3nc4cc(Cl)ccc4c4nnc(-c5cccs5)n34)CC2)c1. The summed E-state index contributed by atoms with van der Waals surface area (Å²) in [6.07, 6.45) is 0. The van der Waals surface area contributed by atoms with E-state index in [2.05, 4.69) is 24.4 Å². The molecule has 6 rings (SSSR count). The van der Waals surface area contributed by atoms with E-state index < -0.39 is 0 Å². The summed E-state index contributed by atoms with van der Waals surface area (Å²) < 4.78 is 15.6. The van der Waals surface area contributed by atoms with Gasteiger partial charge >= 0.3 is 0 Å². The lowest BCUT2D eigenvalue weighted by atomic mass is 10.2. The maximum Gasteiger partial charge on any atom is 0.213 e. The first-order valence-corrected chi connectivity index (χ1v) is 12.0. The van der Waals surface area contributed by atoms with E-state index in [1.165, 1.54) is 6.07 Å². The van der Waals surface area contributed by atoms with Crippen LogP contribution in [-0.2, 0) is 6.54 Å². The van der Waals surface area contributed by atoms with Crippen LogP contribution in [0.5, 0.6) is 0 Å². The Kier molecular flexibility index (Phi) is 5.21.